The van der Waals surface area contributed by atoms with E-state index in [9.17, 15) is 10.2 Å². The first-order chi connectivity index (χ1) is 15.7. The Hall–Kier alpha value is -2.12. The smallest absolute Gasteiger partial charge is 0.118 e. The molecule has 3 rings (SSSR count). The van der Waals surface area contributed by atoms with Gasteiger partial charge in [0.15, 0.2) is 0 Å². The fourth-order valence-electron chi connectivity index (χ4n) is 4.44. The van der Waals surface area contributed by atoms with Crippen LogP contribution in [0, 0.1) is 11.8 Å². The molecule has 0 aromatic heterocycles. The molecule has 0 saturated carbocycles. The maximum Gasteiger partial charge on any atom is 0.118 e. The van der Waals surface area contributed by atoms with E-state index >= 15 is 0 Å². The average Bonchev–Trinajstić information content (AvgIpc) is 3.16. The predicted molar refractivity (Wildman–Crippen MR) is 131 cm³/mol. The van der Waals surface area contributed by atoms with Gasteiger partial charge in [0.2, 0.25) is 0 Å². The number of hydrogen-bond acceptors (Lipinski definition) is 6. The summed E-state index contributed by atoms with van der Waals surface area (Å²) in [5.74, 6) is 1.96. The summed E-state index contributed by atoms with van der Waals surface area (Å²) < 4.78 is 10.8. The standard InChI is InChI=1S/C27H40N2O4/c1-18(2)24(30)15-28-17-29(16-25(31)19(3)4)27(21-9-13-23(33-6)14-10-21)26(28)20-7-11-22(32-5)12-8-20/h7-14,18-19,24-27,30-31H,15-17H2,1-6H3/t24-,25-,26-,27-/m1/s1. The molecule has 1 fully saturated rings. The van der Waals surface area contributed by atoms with Gasteiger partial charge in [0, 0.05) is 13.1 Å². The lowest BCUT2D eigenvalue weighted by Crippen LogP contribution is -2.38. The first-order valence-corrected chi connectivity index (χ1v) is 11.9. The molecule has 4 atom stereocenters. The second kappa shape index (κ2) is 11.3. The van der Waals surface area contributed by atoms with E-state index in [1.54, 1.807) is 14.2 Å². The van der Waals surface area contributed by atoms with Crippen molar-refractivity contribution < 1.29 is 19.7 Å². The monoisotopic (exact) mass is 456 g/mol. The molecule has 0 bridgehead atoms. The molecule has 2 aromatic rings. The van der Waals surface area contributed by atoms with Gasteiger partial charge in [-0.15, -0.1) is 0 Å². The third-order valence-electron chi connectivity index (χ3n) is 6.75. The van der Waals surface area contributed by atoms with Crippen molar-refractivity contribution in [1.82, 2.24) is 9.80 Å². The third-order valence-corrected chi connectivity index (χ3v) is 6.75. The van der Waals surface area contributed by atoms with Crippen LogP contribution in [0.5, 0.6) is 11.5 Å². The quantitative estimate of drug-likeness (QED) is 0.561. The van der Waals surface area contributed by atoms with Gasteiger partial charge in [-0.05, 0) is 47.2 Å². The van der Waals surface area contributed by atoms with E-state index < -0.39 is 12.2 Å². The normalized spacial score (nSPS) is 21.5. The molecular weight excluding hydrogens is 416 g/mol. The topological polar surface area (TPSA) is 65.4 Å². The molecule has 2 aromatic carbocycles. The van der Waals surface area contributed by atoms with E-state index in [1.165, 1.54) is 0 Å². The highest BCUT2D eigenvalue weighted by Crippen LogP contribution is 2.45. The van der Waals surface area contributed by atoms with Crippen LogP contribution in [0.25, 0.3) is 0 Å². The highest BCUT2D eigenvalue weighted by atomic mass is 16.5. The van der Waals surface area contributed by atoms with Gasteiger partial charge in [-0.2, -0.15) is 0 Å². The lowest BCUT2D eigenvalue weighted by molar-refractivity contribution is 0.0526. The SMILES string of the molecule is COc1ccc([C@@H]2[C@@H](c3ccc(OC)cc3)N(C[C@@H](O)C(C)C)CN2C[C@@H](O)C(C)C)cc1. The lowest BCUT2D eigenvalue weighted by Gasteiger charge is -2.32. The fraction of sp³-hybridized carbons (Fsp3) is 0.556. The minimum atomic E-state index is -0.433. The van der Waals surface area contributed by atoms with Crippen LogP contribution in [-0.4, -0.2) is 66.2 Å². The number of hydrogen-bond donors (Lipinski definition) is 2. The molecule has 0 aliphatic carbocycles. The number of aliphatic hydroxyl groups excluding tert-OH is 2. The molecule has 1 heterocycles. The largest absolute Gasteiger partial charge is 0.497 e. The summed E-state index contributed by atoms with van der Waals surface area (Å²) in [6.07, 6.45) is -0.866. The van der Waals surface area contributed by atoms with Crippen molar-refractivity contribution in [2.24, 2.45) is 11.8 Å². The summed E-state index contributed by atoms with van der Waals surface area (Å²) in [6, 6.07) is 16.4. The average molecular weight is 457 g/mol. The van der Waals surface area contributed by atoms with Crippen molar-refractivity contribution in [3.63, 3.8) is 0 Å². The zero-order valence-corrected chi connectivity index (χ0v) is 20.8. The van der Waals surface area contributed by atoms with Crippen LogP contribution in [-0.2, 0) is 0 Å². The van der Waals surface area contributed by atoms with Gasteiger partial charge in [-0.1, -0.05) is 52.0 Å². The van der Waals surface area contributed by atoms with Crippen molar-refractivity contribution in [2.75, 3.05) is 34.0 Å². The van der Waals surface area contributed by atoms with E-state index in [0.717, 1.165) is 22.6 Å². The van der Waals surface area contributed by atoms with E-state index in [0.29, 0.717) is 19.8 Å². The minimum absolute atomic E-state index is 0.0251. The van der Waals surface area contributed by atoms with Gasteiger partial charge in [0.1, 0.15) is 11.5 Å². The minimum Gasteiger partial charge on any atom is -0.497 e. The van der Waals surface area contributed by atoms with E-state index in [1.807, 2.05) is 52.0 Å². The Morgan fingerprint density at radius 3 is 1.30 bits per heavy atom. The Balaban J connectivity index is 2.05. The van der Waals surface area contributed by atoms with Crippen LogP contribution in [0.15, 0.2) is 48.5 Å². The highest BCUT2D eigenvalue weighted by molar-refractivity contribution is 5.36. The molecule has 33 heavy (non-hydrogen) atoms. The molecule has 182 valence electrons. The Labute approximate surface area is 198 Å². The van der Waals surface area contributed by atoms with Gasteiger partial charge in [0.05, 0.1) is 45.2 Å². The van der Waals surface area contributed by atoms with Crippen molar-refractivity contribution in [1.29, 1.82) is 0 Å². The molecule has 6 heteroatoms. The number of β-amino-alcohol motifs (C(OH)–C–C–N with tert-alkyl or cyclic N) is 2. The number of aliphatic hydroxyl groups is 2. The predicted octanol–water partition coefficient (Wildman–Crippen LogP) is 4.10. The number of rotatable bonds is 10. The van der Waals surface area contributed by atoms with Crippen molar-refractivity contribution >= 4 is 0 Å². The Morgan fingerprint density at radius 1 is 0.697 bits per heavy atom. The molecule has 0 radical (unpaired) electrons. The zero-order chi connectivity index (χ0) is 24.1. The van der Waals surface area contributed by atoms with Crippen molar-refractivity contribution in [3.05, 3.63) is 59.7 Å². The fourth-order valence-corrected chi connectivity index (χ4v) is 4.44. The summed E-state index contributed by atoms with van der Waals surface area (Å²) in [7, 11) is 3.34. The van der Waals surface area contributed by atoms with E-state index in [-0.39, 0.29) is 23.9 Å². The lowest BCUT2D eigenvalue weighted by atomic mass is 9.92. The van der Waals surface area contributed by atoms with Crippen LogP contribution < -0.4 is 9.47 Å². The molecule has 0 unspecified atom stereocenters. The molecule has 2 N–H and O–H groups in total. The van der Waals surface area contributed by atoms with Gasteiger partial charge in [-0.25, -0.2) is 0 Å². The van der Waals surface area contributed by atoms with Gasteiger partial charge < -0.3 is 19.7 Å². The Kier molecular flexibility index (Phi) is 8.76. The van der Waals surface area contributed by atoms with E-state index in [4.69, 9.17) is 9.47 Å². The van der Waals surface area contributed by atoms with Crippen LogP contribution in [0.1, 0.15) is 50.9 Å². The molecule has 1 saturated heterocycles. The van der Waals surface area contributed by atoms with Gasteiger partial charge in [0.25, 0.3) is 0 Å². The van der Waals surface area contributed by atoms with Crippen LogP contribution in [0.2, 0.25) is 0 Å². The summed E-state index contributed by atoms with van der Waals surface area (Å²) in [4.78, 5) is 4.68. The third kappa shape index (κ3) is 6.07. The zero-order valence-electron chi connectivity index (χ0n) is 20.8. The second-order valence-corrected chi connectivity index (χ2v) is 9.74. The number of methoxy groups -OCH3 is 2. The maximum atomic E-state index is 10.8. The van der Waals surface area contributed by atoms with Crippen molar-refractivity contribution in [3.8, 4) is 11.5 Å². The Bertz CT molecular complexity index is 782. The molecule has 6 nitrogen and oxygen atoms in total. The van der Waals surface area contributed by atoms with Crippen LogP contribution >= 0.6 is 0 Å². The van der Waals surface area contributed by atoms with Gasteiger partial charge in [-0.3, -0.25) is 9.80 Å². The number of nitrogens with zero attached hydrogens (tertiary/aromatic N) is 2. The molecule has 0 spiro atoms. The molecule has 1 aliphatic rings. The van der Waals surface area contributed by atoms with Crippen molar-refractivity contribution in [2.45, 2.75) is 52.0 Å². The summed E-state index contributed by atoms with van der Waals surface area (Å²) in [6.45, 7) is 9.98. The summed E-state index contributed by atoms with van der Waals surface area (Å²) >= 11 is 0. The summed E-state index contributed by atoms with van der Waals surface area (Å²) in [5.41, 5.74) is 2.32. The second-order valence-electron chi connectivity index (χ2n) is 9.74. The van der Waals surface area contributed by atoms with Crippen LogP contribution in [0.4, 0.5) is 0 Å². The highest BCUT2D eigenvalue weighted by Gasteiger charge is 2.43. The van der Waals surface area contributed by atoms with E-state index in [2.05, 4.69) is 34.1 Å². The van der Waals surface area contributed by atoms with Crippen LogP contribution in [0.3, 0.4) is 0 Å². The number of benzene rings is 2. The summed E-state index contributed by atoms with van der Waals surface area (Å²) in [5, 5.41) is 21.5. The first kappa shape index (κ1) is 25.5. The van der Waals surface area contributed by atoms with Gasteiger partial charge >= 0.3 is 0 Å². The number of ether oxygens (including phenoxy) is 2. The Morgan fingerprint density at radius 2 is 1.03 bits per heavy atom. The maximum absolute atomic E-state index is 10.8. The first-order valence-electron chi connectivity index (χ1n) is 11.9. The molecule has 1 aliphatic heterocycles. The molecule has 0 amide bonds. The molecular formula is C27H40N2O4.